The lowest BCUT2D eigenvalue weighted by molar-refractivity contribution is -0.189. The van der Waals surface area contributed by atoms with Crippen molar-refractivity contribution in [1.29, 1.82) is 0 Å². The zero-order chi connectivity index (χ0) is 19.9. The third-order valence-electron chi connectivity index (χ3n) is 5.40. The Labute approximate surface area is 196 Å². The van der Waals surface area contributed by atoms with Crippen LogP contribution in [0, 0.1) is 0 Å². The third kappa shape index (κ3) is 6.79. The van der Waals surface area contributed by atoms with Crippen molar-refractivity contribution >= 4 is 35.6 Å². The summed E-state index contributed by atoms with van der Waals surface area (Å²) in [6.07, 6.45) is 5.47. The van der Waals surface area contributed by atoms with E-state index in [9.17, 15) is 0 Å². The maximum atomic E-state index is 6.02. The third-order valence-corrected chi connectivity index (χ3v) is 5.40. The predicted octanol–water partition coefficient (Wildman–Crippen LogP) is 5.11. The highest BCUT2D eigenvalue weighted by Gasteiger charge is 2.24. The van der Waals surface area contributed by atoms with E-state index in [1.54, 1.807) is 7.11 Å². The van der Waals surface area contributed by atoms with Gasteiger partial charge in [-0.1, -0.05) is 24.3 Å². The molecule has 1 aromatic heterocycles. The highest BCUT2D eigenvalue weighted by atomic mass is 35.5. The molecule has 1 N–H and O–H groups in total. The van der Waals surface area contributed by atoms with E-state index in [1.165, 1.54) is 21.9 Å². The lowest BCUT2D eigenvalue weighted by Crippen LogP contribution is -2.31. The van der Waals surface area contributed by atoms with Crippen molar-refractivity contribution in [3.8, 4) is 5.75 Å². The maximum absolute atomic E-state index is 6.02. The van der Waals surface area contributed by atoms with Gasteiger partial charge < -0.3 is 19.5 Å². The number of hydrogen-bond acceptors (Lipinski definition) is 5. The molecular weight excluding hydrogens is 435 g/mol. The molecule has 31 heavy (non-hydrogen) atoms. The fourth-order valence-electron chi connectivity index (χ4n) is 3.79. The molecular formula is C24H30Cl2N2O3. The number of fused-ring (bicyclic) bond motifs is 1. The molecule has 2 heterocycles. The van der Waals surface area contributed by atoms with Crippen molar-refractivity contribution in [3.05, 3.63) is 72.1 Å². The summed E-state index contributed by atoms with van der Waals surface area (Å²) < 4.78 is 17.4. The molecule has 0 radical (unpaired) electrons. The topological polar surface area (TPSA) is 52.6 Å². The van der Waals surface area contributed by atoms with Crippen LogP contribution in [0.1, 0.15) is 29.9 Å². The Morgan fingerprint density at radius 2 is 1.81 bits per heavy atom. The molecule has 0 atom stereocenters. The second-order valence-electron chi connectivity index (χ2n) is 7.40. The monoisotopic (exact) mass is 464 g/mol. The molecule has 0 bridgehead atoms. The highest BCUT2D eigenvalue weighted by molar-refractivity contribution is 5.87. The largest absolute Gasteiger partial charge is 0.497 e. The minimum absolute atomic E-state index is 0. The molecule has 7 heteroatoms. The van der Waals surface area contributed by atoms with Crippen LogP contribution in [-0.4, -0.2) is 38.1 Å². The van der Waals surface area contributed by atoms with Gasteiger partial charge in [0.2, 0.25) is 0 Å². The van der Waals surface area contributed by atoms with Crippen LogP contribution >= 0.6 is 24.8 Å². The number of hydrogen-bond donors (Lipinski definition) is 1. The summed E-state index contributed by atoms with van der Waals surface area (Å²) in [5.41, 5.74) is 2.53. The summed E-state index contributed by atoms with van der Waals surface area (Å²) >= 11 is 0. The van der Waals surface area contributed by atoms with Crippen LogP contribution in [0.4, 0.5) is 0 Å². The van der Waals surface area contributed by atoms with Crippen LogP contribution in [0.2, 0.25) is 0 Å². The van der Waals surface area contributed by atoms with Gasteiger partial charge in [0.25, 0.3) is 0 Å². The van der Waals surface area contributed by atoms with Crippen LogP contribution in [0.5, 0.6) is 5.75 Å². The Hall–Kier alpha value is -1.89. The molecule has 3 aromatic rings. The first-order chi connectivity index (χ1) is 14.3. The van der Waals surface area contributed by atoms with Gasteiger partial charge in [0, 0.05) is 24.9 Å². The minimum Gasteiger partial charge on any atom is -0.497 e. The summed E-state index contributed by atoms with van der Waals surface area (Å²) in [5, 5.41) is 5.88. The van der Waals surface area contributed by atoms with Crippen molar-refractivity contribution in [2.45, 2.75) is 31.6 Å². The van der Waals surface area contributed by atoms with Gasteiger partial charge in [0.1, 0.15) is 5.75 Å². The molecule has 1 saturated heterocycles. The van der Waals surface area contributed by atoms with Crippen LogP contribution in [0.3, 0.4) is 0 Å². The number of nitrogens with zero attached hydrogens (tertiary/aromatic N) is 1. The van der Waals surface area contributed by atoms with Crippen molar-refractivity contribution < 1.29 is 14.2 Å². The molecule has 4 rings (SSSR count). The van der Waals surface area contributed by atoms with E-state index < -0.39 is 0 Å². The molecule has 1 aliphatic heterocycles. The fraction of sp³-hybridized carbons (Fsp3) is 0.375. The number of methoxy groups -OCH3 is 1. The highest BCUT2D eigenvalue weighted by Crippen LogP contribution is 2.31. The number of halogens is 2. The van der Waals surface area contributed by atoms with Gasteiger partial charge in [-0.2, -0.15) is 0 Å². The SMILES string of the molecule is COc1ccc2c(C3COC(CCCNCc4ccncc4)OC3)cccc2c1.Cl.Cl. The molecule has 1 aliphatic rings. The van der Waals surface area contributed by atoms with E-state index in [1.807, 2.05) is 30.6 Å². The molecule has 0 spiro atoms. The Morgan fingerprint density at radius 1 is 1.03 bits per heavy atom. The van der Waals surface area contributed by atoms with E-state index in [-0.39, 0.29) is 37.0 Å². The summed E-state index contributed by atoms with van der Waals surface area (Å²) in [7, 11) is 1.70. The van der Waals surface area contributed by atoms with Gasteiger partial charge in [-0.3, -0.25) is 4.98 Å². The summed E-state index contributed by atoms with van der Waals surface area (Å²) in [5.74, 6) is 1.14. The average molecular weight is 465 g/mol. The van der Waals surface area contributed by atoms with Crippen molar-refractivity contribution in [2.75, 3.05) is 26.9 Å². The van der Waals surface area contributed by atoms with Gasteiger partial charge in [0.05, 0.1) is 20.3 Å². The Kier molecular flexibility index (Phi) is 10.5. The van der Waals surface area contributed by atoms with E-state index in [2.05, 4.69) is 40.6 Å². The Morgan fingerprint density at radius 3 is 2.55 bits per heavy atom. The van der Waals surface area contributed by atoms with Gasteiger partial charge >= 0.3 is 0 Å². The number of pyridine rings is 1. The quantitative estimate of drug-likeness (QED) is 0.469. The number of ether oxygens (including phenoxy) is 3. The molecule has 0 aliphatic carbocycles. The predicted molar refractivity (Wildman–Crippen MR) is 129 cm³/mol. The number of aromatic nitrogens is 1. The standard InChI is InChI=1S/C24H28N2O3.2ClH/c1-27-21-7-8-23-19(14-21)4-2-5-22(23)20-16-28-24(29-17-20)6-3-11-26-15-18-9-12-25-13-10-18;;/h2,4-5,7-10,12-14,20,24,26H,3,6,11,15-17H2,1H3;2*1H. The molecule has 168 valence electrons. The normalized spacial score (nSPS) is 18.1. The van der Waals surface area contributed by atoms with E-state index in [4.69, 9.17) is 14.2 Å². The first-order valence-electron chi connectivity index (χ1n) is 10.2. The Bertz CT molecular complexity index is 919. The van der Waals surface area contributed by atoms with Gasteiger partial charge in [-0.05, 0) is 65.6 Å². The number of benzene rings is 2. The smallest absolute Gasteiger partial charge is 0.157 e. The lowest BCUT2D eigenvalue weighted by Gasteiger charge is -2.30. The van der Waals surface area contributed by atoms with Gasteiger partial charge in [-0.15, -0.1) is 24.8 Å². The second kappa shape index (κ2) is 12.8. The Balaban J connectivity index is 0.00000171. The van der Waals surface area contributed by atoms with Crippen LogP contribution in [-0.2, 0) is 16.0 Å². The summed E-state index contributed by atoms with van der Waals surface area (Å²) in [4.78, 5) is 4.04. The molecule has 0 amide bonds. The molecule has 0 unspecified atom stereocenters. The van der Waals surface area contributed by atoms with E-state index in [0.29, 0.717) is 13.2 Å². The number of nitrogens with one attached hydrogen (secondary N) is 1. The molecule has 5 nitrogen and oxygen atoms in total. The van der Waals surface area contributed by atoms with Crippen LogP contribution < -0.4 is 10.1 Å². The van der Waals surface area contributed by atoms with Crippen molar-refractivity contribution in [2.24, 2.45) is 0 Å². The maximum Gasteiger partial charge on any atom is 0.157 e. The average Bonchev–Trinajstić information content (AvgIpc) is 2.79. The van der Waals surface area contributed by atoms with Crippen LogP contribution in [0.25, 0.3) is 10.8 Å². The zero-order valence-electron chi connectivity index (χ0n) is 17.7. The molecule has 1 fully saturated rings. The van der Waals surface area contributed by atoms with Gasteiger partial charge in [-0.25, -0.2) is 0 Å². The van der Waals surface area contributed by atoms with E-state index in [0.717, 1.165) is 31.7 Å². The van der Waals surface area contributed by atoms with Gasteiger partial charge in [0.15, 0.2) is 6.29 Å². The number of rotatable bonds is 8. The minimum atomic E-state index is -0.107. The molecule has 0 saturated carbocycles. The lowest BCUT2D eigenvalue weighted by atomic mass is 9.94. The first kappa shape index (κ1) is 25.4. The van der Waals surface area contributed by atoms with Crippen molar-refractivity contribution in [1.82, 2.24) is 10.3 Å². The first-order valence-corrected chi connectivity index (χ1v) is 10.2. The van der Waals surface area contributed by atoms with E-state index >= 15 is 0 Å². The van der Waals surface area contributed by atoms with Crippen molar-refractivity contribution in [3.63, 3.8) is 0 Å². The summed E-state index contributed by atoms with van der Waals surface area (Å²) in [6.45, 7) is 3.20. The molecule has 2 aromatic carbocycles. The summed E-state index contributed by atoms with van der Waals surface area (Å²) in [6, 6.07) is 16.7. The fourth-order valence-corrected chi connectivity index (χ4v) is 3.79. The second-order valence-corrected chi connectivity index (χ2v) is 7.40. The van der Waals surface area contributed by atoms with Crippen LogP contribution in [0.15, 0.2) is 60.9 Å². The zero-order valence-corrected chi connectivity index (χ0v) is 19.3.